The molecule has 2 bridgehead atoms. The Kier molecular flexibility index (Phi) is 9.03. The van der Waals surface area contributed by atoms with E-state index >= 15 is 0 Å². The zero-order chi connectivity index (χ0) is 33.6. The number of Topliss-reactive ketones (excluding diaryl/α,β-unsaturated/α-hetero) is 2. The predicted molar refractivity (Wildman–Crippen MR) is 168 cm³/mol. The van der Waals surface area contributed by atoms with Crippen LogP contribution in [-0.2, 0) is 33.3 Å². The van der Waals surface area contributed by atoms with E-state index < -0.39 is 76.4 Å². The largest absolute Gasteiger partial charge is 0.458 e. The fraction of sp³-hybridized carbons (Fsp3) is 0.541. The van der Waals surface area contributed by atoms with Crippen LogP contribution in [0.1, 0.15) is 88.4 Å². The highest BCUT2D eigenvalue weighted by Crippen LogP contribution is 2.68. The summed E-state index contributed by atoms with van der Waals surface area (Å²) >= 11 is 0. The molecule has 2 saturated carbocycles. The molecule has 1 aliphatic heterocycles. The average molecular weight is 633 g/mol. The molecular formula is C37H44O9. The van der Waals surface area contributed by atoms with Crippen LogP contribution in [0.25, 0.3) is 0 Å². The molecule has 9 nitrogen and oxygen atoms in total. The van der Waals surface area contributed by atoms with Gasteiger partial charge in [-0.1, -0.05) is 57.2 Å². The summed E-state index contributed by atoms with van der Waals surface area (Å²) in [7, 11) is 0. The molecule has 1 spiro atoms. The van der Waals surface area contributed by atoms with E-state index in [9.17, 15) is 24.0 Å². The molecule has 0 amide bonds. The summed E-state index contributed by atoms with van der Waals surface area (Å²) < 4.78 is 26.0. The molecule has 5 rings (SSSR count). The summed E-state index contributed by atoms with van der Waals surface area (Å²) in [5.41, 5.74) is -3.90. The first-order valence-electron chi connectivity index (χ1n) is 16.1. The lowest BCUT2D eigenvalue weighted by Gasteiger charge is -2.63. The van der Waals surface area contributed by atoms with Gasteiger partial charge in [-0.05, 0) is 76.6 Å². The van der Waals surface area contributed by atoms with Crippen LogP contribution in [0.4, 0.5) is 0 Å². The molecule has 0 radical (unpaired) electrons. The SMILES string of the molecule is CC(=O)[C@H]1[C@H]2C[C@H](OC(=O)c3ccccc3)[C@]3(OC(=O)CC(C)C)[C@@H](C(C)=O)[C@@H](OC(=O)c4ccccc4)C[C@@H](C)[C@@]13OC2(C)C. The van der Waals surface area contributed by atoms with Crippen LogP contribution >= 0.6 is 0 Å². The van der Waals surface area contributed by atoms with Gasteiger partial charge in [0.2, 0.25) is 0 Å². The van der Waals surface area contributed by atoms with Crippen molar-refractivity contribution in [2.45, 2.75) is 96.7 Å². The van der Waals surface area contributed by atoms with Crippen LogP contribution in [0.2, 0.25) is 0 Å². The summed E-state index contributed by atoms with van der Waals surface area (Å²) in [6.07, 6.45) is -2.04. The number of fused-ring (bicyclic) bond motifs is 1. The molecule has 46 heavy (non-hydrogen) atoms. The molecule has 1 heterocycles. The number of carbonyl (C=O) groups is 5. The highest BCUT2D eigenvalue weighted by Gasteiger charge is 2.83. The first-order valence-corrected chi connectivity index (χ1v) is 16.1. The summed E-state index contributed by atoms with van der Waals surface area (Å²) in [5.74, 6) is -5.75. The van der Waals surface area contributed by atoms with E-state index in [-0.39, 0.29) is 36.5 Å². The normalized spacial score (nSPS) is 32.6. The molecule has 3 fully saturated rings. The van der Waals surface area contributed by atoms with Gasteiger partial charge < -0.3 is 18.9 Å². The number of ether oxygens (including phenoxy) is 4. The minimum absolute atomic E-state index is 0.00220. The smallest absolute Gasteiger partial charge is 0.338 e. The fourth-order valence-electron chi connectivity index (χ4n) is 8.57. The number of ketones is 2. The van der Waals surface area contributed by atoms with Gasteiger partial charge in [-0.2, -0.15) is 0 Å². The van der Waals surface area contributed by atoms with Crippen molar-refractivity contribution in [1.82, 2.24) is 0 Å². The number of esters is 3. The number of hydrogen-bond donors (Lipinski definition) is 0. The quantitative estimate of drug-likeness (QED) is 0.250. The van der Waals surface area contributed by atoms with Crippen molar-refractivity contribution < 1.29 is 42.9 Å². The van der Waals surface area contributed by atoms with Crippen molar-refractivity contribution in [2.24, 2.45) is 29.6 Å². The monoisotopic (exact) mass is 632 g/mol. The van der Waals surface area contributed by atoms with E-state index in [1.807, 2.05) is 34.6 Å². The van der Waals surface area contributed by atoms with Crippen LogP contribution in [-0.4, -0.2) is 58.5 Å². The third-order valence-corrected chi connectivity index (χ3v) is 10.2. The number of hydrogen-bond acceptors (Lipinski definition) is 9. The Bertz CT molecular complexity index is 1500. The van der Waals surface area contributed by atoms with Gasteiger partial charge in [0.05, 0.1) is 22.6 Å². The molecule has 9 heteroatoms. The zero-order valence-electron chi connectivity index (χ0n) is 27.6. The molecule has 1 saturated heterocycles. The fourth-order valence-corrected chi connectivity index (χ4v) is 8.57. The van der Waals surface area contributed by atoms with Crippen LogP contribution in [0.5, 0.6) is 0 Å². The highest BCUT2D eigenvalue weighted by atomic mass is 16.6. The summed E-state index contributed by atoms with van der Waals surface area (Å²) in [5, 5.41) is 0. The minimum atomic E-state index is -1.99. The van der Waals surface area contributed by atoms with Crippen LogP contribution in [0.15, 0.2) is 60.7 Å². The molecule has 0 unspecified atom stereocenters. The second-order valence-electron chi connectivity index (χ2n) is 14.1. The van der Waals surface area contributed by atoms with Crippen molar-refractivity contribution in [3.8, 4) is 0 Å². The Morgan fingerprint density at radius 2 is 1.33 bits per heavy atom. The predicted octanol–water partition coefficient (Wildman–Crippen LogP) is 5.78. The van der Waals surface area contributed by atoms with Crippen molar-refractivity contribution in [1.29, 1.82) is 0 Å². The van der Waals surface area contributed by atoms with Gasteiger partial charge in [0.15, 0.2) is 5.60 Å². The van der Waals surface area contributed by atoms with Gasteiger partial charge in [0, 0.05) is 12.3 Å². The lowest BCUT2D eigenvalue weighted by atomic mass is 9.47. The number of rotatable bonds is 9. The second-order valence-corrected chi connectivity index (χ2v) is 14.1. The van der Waals surface area contributed by atoms with Gasteiger partial charge in [0.1, 0.15) is 35.3 Å². The highest BCUT2D eigenvalue weighted by molar-refractivity contribution is 5.91. The Labute approximate surface area is 270 Å². The van der Waals surface area contributed by atoms with Gasteiger partial charge in [-0.3, -0.25) is 14.4 Å². The molecule has 246 valence electrons. The third-order valence-electron chi connectivity index (χ3n) is 10.2. The van der Waals surface area contributed by atoms with Crippen molar-refractivity contribution >= 4 is 29.5 Å². The summed E-state index contributed by atoms with van der Waals surface area (Å²) in [6.45, 7) is 12.2. The van der Waals surface area contributed by atoms with Crippen molar-refractivity contribution in [3.63, 3.8) is 0 Å². The first-order chi connectivity index (χ1) is 21.7. The van der Waals surface area contributed by atoms with E-state index in [1.165, 1.54) is 13.8 Å². The van der Waals surface area contributed by atoms with Gasteiger partial charge in [0.25, 0.3) is 0 Å². The van der Waals surface area contributed by atoms with Crippen LogP contribution in [0, 0.1) is 29.6 Å². The molecule has 3 aliphatic rings. The Balaban J connectivity index is 1.75. The molecule has 0 N–H and O–H groups in total. The van der Waals surface area contributed by atoms with Crippen LogP contribution < -0.4 is 0 Å². The zero-order valence-corrected chi connectivity index (χ0v) is 27.6. The molecule has 2 aromatic rings. The lowest BCUT2D eigenvalue weighted by Crippen LogP contribution is -2.80. The van der Waals surface area contributed by atoms with Crippen LogP contribution in [0.3, 0.4) is 0 Å². The molecule has 8 atom stereocenters. The standard InChI is InChI=1S/C37H44O9/c1-21(2)18-30(40)45-37-29(44-34(42)26-16-12-9-13-17-26)20-27-31(23(4)38)36(37,46-35(27,6)7)22(3)19-28(32(37)24(5)39)43-33(41)25-14-10-8-11-15-25/h8-17,21-22,27-29,31-32H,18-20H2,1-7H3/t22-,27-,28+,29+,31+,32+,36-,37+/m1/s1. The van der Waals surface area contributed by atoms with E-state index in [4.69, 9.17) is 18.9 Å². The maximum Gasteiger partial charge on any atom is 0.338 e. The molecule has 0 aromatic heterocycles. The lowest BCUT2D eigenvalue weighted by molar-refractivity contribution is -0.310. The molecule has 2 aliphatic carbocycles. The van der Waals surface area contributed by atoms with Crippen molar-refractivity contribution in [2.75, 3.05) is 0 Å². The minimum Gasteiger partial charge on any atom is -0.458 e. The van der Waals surface area contributed by atoms with E-state index in [1.54, 1.807) is 60.7 Å². The Morgan fingerprint density at radius 1 is 0.804 bits per heavy atom. The first kappa shape index (κ1) is 33.5. The van der Waals surface area contributed by atoms with E-state index in [0.717, 1.165) is 0 Å². The van der Waals surface area contributed by atoms with Gasteiger partial charge >= 0.3 is 17.9 Å². The van der Waals surface area contributed by atoms with Gasteiger partial charge in [-0.15, -0.1) is 0 Å². The maximum atomic E-state index is 14.0. The topological polar surface area (TPSA) is 122 Å². The average Bonchev–Trinajstić information content (AvgIpc) is 3.18. The summed E-state index contributed by atoms with van der Waals surface area (Å²) in [4.78, 5) is 68.9. The third kappa shape index (κ3) is 5.46. The number of benzene rings is 2. The van der Waals surface area contributed by atoms with Gasteiger partial charge in [-0.25, -0.2) is 9.59 Å². The maximum absolute atomic E-state index is 14.0. The van der Waals surface area contributed by atoms with E-state index in [0.29, 0.717) is 5.56 Å². The second kappa shape index (κ2) is 12.4. The molecular weight excluding hydrogens is 588 g/mol. The molecule has 2 aromatic carbocycles. The Morgan fingerprint density at radius 3 is 1.83 bits per heavy atom. The van der Waals surface area contributed by atoms with E-state index in [2.05, 4.69) is 0 Å². The number of carbonyl (C=O) groups excluding carboxylic acids is 5. The van der Waals surface area contributed by atoms with Crippen molar-refractivity contribution in [3.05, 3.63) is 71.8 Å². The summed E-state index contributed by atoms with van der Waals surface area (Å²) in [6, 6.07) is 16.8. The Hall–Kier alpha value is -3.85.